The van der Waals surface area contributed by atoms with Crippen LogP contribution in [0.15, 0.2) is 57.0 Å². The summed E-state index contributed by atoms with van der Waals surface area (Å²) in [5.74, 6) is 1.83. The van der Waals surface area contributed by atoms with Crippen molar-refractivity contribution < 1.29 is 13.6 Å². The summed E-state index contributed by atoms with van der Waals surface area (Å²) in [5.41, 5.74) is 0. The molecule has 1 aromatic heterocycles. The van der Waals surface area contributed by atoms with Crippen LogP contribution in [0.4, 0.5) is 4.39 Å². The molecule has 1 aromatic carbocycles. The van der Waals surface area contributed by atoms with E-state index in [0.717, 1.165) is 23.6 Å². The molecule has 0 saturated heterocycles. The van der Waals surface area contributed by atoms with Crippen molar-refractivity contribution in [2.24, 2.45) is 4.99 Å². The third kappa shape index (κ3) is 9.98. The SMILES string of the molecule is CCNC(=NCC(=O)NCc1ccco1)NCCCSc1ccc(F)cc1.I. The van der Waals surface area contributed by atoms with E-state index in [1.807, 2.05) is 6.92 Å². The Bertz CT molecular complexity index is 711. The number of carbonyl (C=O) groups is 1. The molecule has 0 aliphatic heterocycles. The number of carbonyl (C=O) groups excluding carboxylic acids is 1. The molecule has 3 N–H and O–H groups in total. The Labute approximate surface area is 186 Å². The molecule has 2 rings (SSSR count). The van der Waals surface area contributed by atoms with Gasteiger partial charge in [-0.2, -0.15) is 0 Å². The Morgan fingerprint density at radius 1 is 1.18 bits per heavy atom. The van der Waals surface area contributed by atoms with Crippen LogP contribution in [0.1, 0.15) is 19.1 Å². The van der Waals surface area contributed by atoms with Crippen LogP contribution in [-0.4, -0.2) is 37.3 Å². The zero-order valence-electron chi connectivity index (χ0n) is 15.7. The molecular weight excluding hydrogens is 494 g/mol. The standard InChI is InChI=1S/C19H25FN4O2S.HI/c1-2-21-19(24-14-18(25)23-13-16-5-3-11-26-16)22-10-4-12-27-17-8-6-15(20)7-9-17;/h3,5-9,11H,2,4,10,12-14H2,1H3,(H,23,25)(H2,21,22,24);1H. The Morgan fingerprint density at radius 2 is 1.96 bits per heavy atom. The summed E-state index contributed by atoms with van der Waals surface area (Å²) in [4.78, 5) is 17.2. The summed E-state index contributed by atoms with van der Waals surface area (Å²) in [6.45, 7) is 3.81. The van der Waals surface area contributed by atoms with E-state index in [-0.39, 0.29) is 42.2 Å². The van der Waals surface area contributed by atoms with Crippen LogP contribution in [0, 0.1) is 5.82 Å². The fourth-order valence-electron chi connectivity index (χ4n) is 2.15. The molecule has 0 atom stereocenters. The van der Waals surface area contributed by atoms with Gasteiger partial charge >= 0.3 is 0 Å². The van der Waals surface area contributed by atoms with Crippen LogP contribution in [0.25, 0.3) is 0 Å². The molecule has 0 aliphatic rings. The predicted molar refractivity (Wildman–Crippen MR) is 122 cm³/mol. The van der Waals surface area contributed by atoms with Gasteiger partial charge < -0.3 is 20.4 Å². The fraction of sp³-hybridized carbons (Fsp3) is 0.368. The topological polar surface area (TPSA) is 78.7 Å². The van der Waals surface area contributed by atoms with Crippen LogP contribution in [0.3, 0.4) is 0 Å². The van der Waals surface area contributed by atoms with Crippen LogP contribution in [0.2, 0.25) is 0 Å². The second-order valence-electron chi connectivity index (χ2n) is 5.63. The van der Waals surface area contributed by atoms with E-state index in [2.05, 4.69) is 20.9 Å². The smallest absolute Gasteiger partial charge is 0.242 e. The van der Waals surface area contributed by atoms with Gasteiger partial charge in [-0.3, -0.25) is 4.79 Å². The van der Waals surface area contributed by atoms with Gasteiger partial charge in [-0.1, -0.05) is 0 Å². The van der Waals surface area contributed by atoms with Crippen LogP contribution in [0.5, 0.6) is 0 Å². The third-order valence-corrected chi connectivity index (χ3v) is 4.56. The second kappa shape index (κ2) is 14.3. The highest BCUT2D eigenvalue weighted by Gasteiger charge is 2.03. The van der Waals surface area contributed by atoms with Crippen molar-refractivity contribution in [3.05, 3.63) is 54.2 Å². The predicted octanol–water partition coefficient (Wildman–Crippen LogP) is 3.39. The maximum absolute atomic E-state index is 12.9. The number of nitrogens with one attached hydrogen (secondary N) is 3. The lowest BCUT2D eigenvalue weighted by atomic mass is 10.4. The minimum Gasteiger partial charge on any atom is -0.467 e. The first-order chi connectivity index (χ1) is 13.2. The highest BCUT2D eigenvalue weighted by Crippen LogP contribution is 2.18. The van der Waals surface area contributed by atoms with Crippen molar-refractivity contribution in [1.29, 1.82) is 0 Å². The van der Waals surface area contributed by atoms with Gasteiger partial charge in [0.05, 0.1) is 12.8 Å². The van der Waals surface area contributed by atoms with E-state index in [1.165, 1.54) is 12.1 Å². The third-order valence-electron chi connectivity index (χ3n) is 3.46. The molecule has 0 unspecified atom stereocenters. The largest absolute Gasteiger partial charge is 0.467 e. The first-order valence-electron chi connectivity index (χ1n) is 8.87. The summed E-state index contributed by atoms with van der Waals surface area (Å²) in [6.07, 6.45) is 2.48. The monoisotopic (exact) mass is 520 g/mol. The minimum atomic E-state index is -0.222. The number of benzene rings is 1. The minimum absolute atomic E-state index is 0. The lowest BCUT2D eigenvalue weighted by Crippen LogP contribution is -2.39. The molecular formula is C19H26FIN4O2S. The number of nitrogens with zero attached hydrogens (tertiary/aromatic N) is 1. The maximum atomic E-state index is 12.9. The van der Waals surface area contributed by atoms with Gasteiger partial charge in [0.25, 0.3) is 0 Å². The van der Waals surface area contributed by atoms with E-state index in [9.17, 15) is 9.18 Å². The van der Waals surface area contributed by atoms with E-state index in [0.29, 0.717) is 24.8 Å². The zero-order chi connectivity index (χ0) is 19.3. The van der Waals surface area contributed by atoms with Crippen molar-refractivity contribution in [1.82, 2.24) is 16.0 Å². The first-order valence-corrected chi connectivity index (χ1v) is 9.85. The van der Waals surface area contributed by atoms with Crippen LogP contribution in [-0.2, 0) is 11.3 Å². The molecule has 0 aliphatic carbocycles. The maximum Gasteiger partial charge on any atom is 0.242 e. The number of hydrogen-bond donors (Lipinski definition) is 3. The zero-order valence-corrected chi connectivity index (χ0v) is 18.9. The number of rotatable bonds is 10. The molecule has 9 heteroatoms. The Morgan fingerprint density at radius 3 is 2.64 bits per heavy atom. The normalized spacial score (nSPS) is 10.9. The van der Waals surface area contributed by atoms with Crippen LogP contribution < -0.4 is 16.0 Å². The number of halogens is 2. The number of guanidine groups is 1. The molecule has 28 heavy (non-hydrogen) atoms. The molecule has 1 heterocycles. The summed E-state index contributed by atoms with van der Waals surface area (Å²) in [6, 6.07) is 10.1. The summed E-state index contributed by atoms with van der Waals surface area (Å²) >= 11 is 1.68. The van der Waals surface area contributed by atoms with Gasteiger partial charge in [-0.25, -0.2) is 9.38 Å². The molecule has 0 radical (unpaired) electrons. The number of hydrogen-bond acceptors (Lipinski definition) is 4. The van der Waals surface area contributed by atoms with Crippen LogP contribution >= 0.6 is 35.7 Å². The van der Waals surface area contributed by atoms with Crippen molar-refractivity contribution in [3.63, 3.8) is 0 Å². The molecule has 2 aromatic rings. The van der Waals surface area contributed by atoms with Gasteiger partial charge in [0.1, 0.15) is 18.1 Å². The summed E-state index contributed by atoms with van der Waals surface area (Å²) in [7, 11) is 0. The molecule has 154 valence electrons. The summed E-state index contributed by atoms with van der Waals surface area (Å²) in [5, 5.41) is 9.08. The quantitative estimate of drug-likeness (QED) is 0.147. The van der Waals surface area contributed by atoms with E-state index >= 15 is 0 Å². The molecule has 0 bridgehead atoms. The van der Waals surface area contributed by atoms with Gasteiger partial charge in [-0.05, 0) is 55.5 Å². The number of furan rings is 1. The highest BCUT2D eigenvalue weighted by molar-refractivity contribution is 14.0. The van der Waals surface area contributed by atoms with Gasteiger partial charge in [0.2, 0.25) is 5.91 Å². The van der Waals surface area contributed by atoms with Gasteiger partial charge in [0, 0.05) is 18.0 Å². The lowest BCUT2D eigenvalue weighted by Gasteiger charge is -2.11. The Balaban J connectivity index is 0.00000392. The van der Waals surface area contributed by atoms with E-state index in [4.69, 9.17) is 4.42 Å². The first kappa shape index (κ1) is 24.3. The highest BCUT2D eigenvalue weighted by atomic mass is 127. The van der Waals surface area contributed by atoms with E-state index in [1.54, 1.807) is 42.3 Å². The van der Waals surface area contributed by atoms with Gasteiger partial charge in [-0.15, -0.1) is 35.7 Å². The average molecular weight is 520 g/mol. The second-order valence-corrected chi connectivity index (χ2v) is 6.80. The van der Waals surface area contributed by atoms with E-state index < -0.39 is 0 Å². The molecule has 0 spiro atoms. The lowest BCUT2D eigenvalue weighted by molar-refractivity contribution is -0.119. The Kier molecular flexibility index (Phi) is 12.4. The summed E-state index contributed by atoms with van der Waals surface area (Å²) < 4.78 is 18.0. The molecule has 0 saturated carbocycles. The average Bonchev–Trinajstić information content (AvgIpc) is 3.19. The fourth-order valence-corrected chi connectivity index (χ4v) is 3.00. The van der Waals surface area contributed by atoms with Crippen molar-refractivity contribution in [2.45, 2.75) is 24.8 Å². The number of amides is 1. The molecule has 6 nitrogen and oxygen atoms in total. The van der Waals surface area contributed by atoms with Crippen molar-refractivity contribution in [3.8, 4) is 0 Å². The number of aliphatic imine (C=N–C) groups is 1. The number of thioether (sulfide) groups is 1. The van der Waals surface area contributed by atoms with Gasteiger partial charge in [0.15, 0.2) is 5.96 Å². The molecule has 0 fully saturated rings. The molecule has 1 amide bonds. The van der Waals surface area contributed by atoms with Crippen molar-refractivity contribution in [2.75, 3.05) is 25.4 Å². The Hall–Kier alpha value is -1.75. The van der Waals surface area contributed by atoms with Crippen molar-refractivity contribution >= 4 is 47.6 Å².